The Hall–Kier alpha value is -1.71. The highest BCUT2D eigenvalue weighted by atomic mass is 127. The molecule has 0 saturated heterocycles. The van der Waals surface area contributed by atoms with E-state index in [0.29, 0.717) is 26.1 Å². The number of nitrogens with zero attached hydrogens (tertiary/aromatic N) is 2. The van der Waals surface area contributed by atoms with Crippen LogP contribution >= 0.6 is 24.0 Å². The van der Waals surface area contributed by atoms with Gasteiger partial charge >= 0.3 is 0 Å². The highest BCUT2D eigenvalue weighted by molar-refractivity contribution is 14.0. The third kappa shape index (κ3) is 10.4. The highest BCUT2D eigenvalue weighted by Crippen LogP contribution is 2.28. The lowest BCUT2D eigenvalue weighted by atomic mass is 10.1. The molecule has 0 fully saturated rings. The Morgan fingerprint density at radius 3 is 2.43 bits per heavy atom. The van der Waals surface area contributed by atoms with Crippen LogP contribution in [0.15, 0.2) is 23.2 Å². The van der Waals surface area contributed by atoms with Gasteiger partial charge in [0.15, 0.2) is 17.5 Å². The van der Waals surface area contributed by atoms with Gasteiger partial charge in [0, 0.05) is 39.1 Å². The van der Waals surface area contributed by atoms with E-state index in [9.17, 15) is 4.79 Å². The first-order valence-corrected chi connectivity index (χ1v) is 10.7. The Labute approximate surface area is 199 Å². The van der Waals surface area contributed by atoms with Crippen LogP contribution < -0.4 is 20.1 Å². The lowest BCUT2D eigenvalue weighted by Gasteiger charge is -2.19. The number of nitrogens with one attached hydrogen (secondary N) is 2. The van der Waals surface area contributed by atoms with Crippen LogP contribution in [-0.2, 0) is 11.2 Å². The third-order valence-electron chi connectivity index (χ3n) is 4.51. The molecule has 1 aromatic rings. The summed E-state index contributed by atoms with van der Waals surface area (Å²) in [6, 6.07) is 6.05. The largest absolute Gasteiger partial charge is 0.493 e. The average Bonchev–Trinajstić information content (AvgIpc) is 2.72. The maximum absolute atomic E-state index is 12.1. The molecule has 0 aliphatic carbocycles. The Kier molecular flexibility index (Phi) is 16.0. The zero-order valence-electron chi connectivity index (χ0n) is 19.1. The van der Waals surface area contributed by atoms with Gasteiger partial charge in [-0.25, -0.2) is 0 Å². The fourth-order valence-electron chi connectivity index (χ4n) is 2.98. The molecule has 0 spiro atoms. The van der Waals surface area contributed by atoms with Crippen LogP contribution in [0.1, 0.15) is 46.1 Å². The lowest BCUT2D eigenvalue weighted by Crippen LogP contribution is -2.40. The lowest BCUT2D eigenvalue weighted by molar-refractivity contribution is -0.130. The van der Waals surface area contributed by atoms with Crippen molar-refractivity contribution in [2.75, 3.05) is 46.4 Å². The van der Waals surface area contributed by atoms with Gasteiger partial charge in [-0.1, -0.05) is 6.07 Å². The van der Waals surface area contributed by atoms with Crippen molar-refractivity contribution in [3.63, 3.8) is 0 Å². The number of guanidine groups is 1. The van der Waals surface area contributed by atoms with Gasteiger partial charge in [-0.2, -0.15) is 0 Å². The number of carbonyl (C=O) groups is 1. The van der Waals surface area contributed by atoms with Crippen LogP contribution in [0.4, 0.5) is 0 Å². The number of methoxy groups -OCH3 is 1. The number of hydrogen-bond acceptors (Lipinski definition) is 4. The van der Waals surface area contributed by atoms with E-state index in [1.54, 1.807) is 7.11 Å². The second-order valence-electron chi connectivity index (χ2n) is 6.53. The first-order chi connectivity index (χ1) is 14.1. The molecule has 0 atom stereocenters. The molecule has 1 aromatic carbocycles. The van der Waals surface area contributed by atoms with Crippen LogP contribution in [0.5, 0.6) is 11.5 Å². The number of amides is 1. The third-order valence-corrected chi connectivity index (χ3v) is 4.51. The minimum Gasteiger partial charge on any atom is -0.493 e. The number of aryl methyl sites for hydroxylation is 1. The summed E-state index contributed by atoms with van der Waals surface area (Å²) in [4.78, 5) is 18.5. The summed E-state index contributed by atoms with van der Waals surface area (Å²) < 4.78 is 11.0. The van der Waals surface area contributed by atoms with Gasteiger partial charge in [0.05, 0.1) is 13.7 Å². The predicted octanol–water partition coefficient (Wildman–Crippen LogP) is 3.46. The molecule has 30 heavy (non-hydrogen) atoms. The molecule has 2 N–H and O–H groups in total. The quantitative estimate of drug-likeness (QED) is 0.176. The smallest absolute Gasteiger partial charge is 0.224 e. The van der Waals surface area contributed by atoms with Crippen molar-refractivity contribution < 1.29 is 14.3 Å². The summed E-state index contributed by atoms with van der Waals surface area (Å²) in [5.74, 6) is 2.46. The van der Waals surface area contributed by atoms with Crippen LogP contribution in [0.2, 0.25) is 0 Å². The summed E-state index contributed by atoms with van der Waals surface area (Å²) >= 11 is 0. The van der Waals surface area contributed by atoms with Gasteiger partial charge in [0.25, 0.3) is 0 Å². The Balaban J connectivity index is 0.00000841. The normalized spacial score (nSPS) is 10.8. The predicted molar refractivity (Wildman–Crippen MR) is 134 cm³/mol. The minimum absolute atomic E-state index is 0. The van der Waals surface area contributed by atoms with E-state index in [4.69, 9.17) is 9.47 Å². The second-order valence-corrected chi connectivity index (χ2v) is 6.53. The van der Waals surface area contributed by atoms with E-state index in [0.717, 1.165) is 49.9 Å². The topological polar surface area (TPSA) is 75.2 Å². The van der Waals surface area contributed by atoms with Crippen molar-refractivity contribution in [1.82, 2.24) is 15.5 Å². The molecule has 8 heteroatoms. The number of rotatable bonds is 13. The summed E-state index contributed by atoms with van der Waals surface area (Å²) in [6.45, 7) is 12.2. The van der Waals surface area contributed by atoms with Gasteiger partial charge in [-0.15, -0.1) is 24.0 Å². The van der Waals surface area contributed by atoms with E-state index < -0.39 is 0 Å². The molecule has 0 heterocycles. The van der Waals surface area contributed by atoms with E-state index >= 15 is 0 Å². The van der Waals surface area contributed by atoms with Crippen molar-refractivity contribution >= 4 is 35.8 Å². The number of benzene rings is 1. The molecule has 1 amide bonds. The highest BCUT2D eigenvalue weighted by Gasteiger charge is 2.09. The minimum atomic E-state index is 0. The molecule has 0 saturated carbocycles. The molecule has 7 nitrogen and oxygen atoms in total. The van der Waals surface area contributed by atoms with Gasteiger partial charge in [0.1, 0.15) is 0 Å². The van der Waals surface area contributed by atoms with E-state index in [-0.39, 0.29) is 29.9 Å². The van der Waals surface area contributed by atoms with E-state index in [2.05, 4.69) is 21.7 Å². The number of carbonyl (C=O) groups excluding carboxylic acids is 1. The maximum atomic E-state index is 12.1. The summed E-state index contributed by atoms with van der Waals surface area (Å²) in [6.07, 6.45) is 2.30. The first-order valence-electron chi connectivity index (χ1n) is 10.7. The van der Waals surface area contributed by atoms with Gasteiger partial charge in [-0.05, 0) is 58.2 Å². The van der Waals surface area contributed by atoms with Crippen LogP contribution in [0, 0.1) is 0 Å². The van der Waals surface area contributed by atoms with Gasteiger partial charge < -0.3 is 25.0 Å². The fourth-order valence-corrected chi connectivity index (χ4v) is 2.98. The van der Waals surface area contributed by atoms with Crippen LogP contribution in [0.25, 0.3) is 0 Å². The van der Waals surface area contributed by atoms with Crippen molar-refractivity contribution in [1.29, 1.82) is 0 Å². The first kappa shape index (κ1) is 28.3. The number of halogens is 1. The number of ether oxygens (including phenoxy) is 2. The van der Waals surface area contributed by atoms with Crippen molar-refractivity contribution in [3.8, 4) is 11.5 Å². The fraction of sp³-hybridized carbons (Fsp3) is 0.636. The van der Waals surface area contributed by atoms with Gasteiger partial charge in [-0.3, -0.25) is 9.79 Å². The number of aliphatic imine (C=N–C) groups is 1. The van der Waals surface area contributed by atoms with Crippen molar-refractivity contribution in [2.45, 2.75) is 47.0 Å². The molecule has 172 valence electrons. The standard InChI is InChI=1S/C22H38N4O3.HI/c1-6-23-22(25-16-14-21(27)26(7-2)8-3)24-15-10-11-18-12-13-19(28-5)20(17-18)29-9-4;/h12-13,17H,6-11,14-16H2,1-5H3,(H2,23,24,25);1H. The zero-order valence-corrected chi connectivity index (χ0v) is 21.5. The average molecular weight is 534 g/mol. The molecular formula is C22H39IN4O3. The Morgan fingerprint density at radius 2 is 1.83 bits per heavy atom. The van der Waals surface area contributed by atoms with Crippen molar-refractivity contribution in [3.05, 3.63) is 23.8 Å². The summed E-state index contributed by atoms with van der Waals surface area (Å²) in [5.41, 5.74) is 1.20. The molecule has 0 aliphatic rings. The van der Waals surface area contributed by atoms with Gasteiger partial charge in [0.2, 0.25) is 5.91 Å². The van der Waals surface area contributed by atoms with Crippen LogP contribution in [0.3, 0.4) is 0 Å². The second kappa shape index (κ2) is 17.0. The summed E-state index contributed by atoms with van der Waals surface area (Å²) in [5, 5.41) is 6.48. The Morgan fingerprint density at radius 1 is 1.10 bits per heavy atom. The molecule has 0 aliphatic heterocycles. The molecule has 0 unspecified atom stereocenters. The zero-order chi connectivity index (χ0) is 21.5. The maximum Gasteiger partial charge on any atom is 0.224 e. The van der Waals surface area contributed by atoms with Crippen LogP contribution in [-0.4, -0.2) is 63.2 Å². The number of hydrogen-bond donors (Lipinski definition) is 2. The monoisotopic (exact) mass is 534 g/mol. The van der Waals surface area contributed by atoms with E-state index in [1.165, 1.54) is 5.56 Å². The molecule has 1 rings (SSSR count). The molecule has 0 radical (unpaired) electrons. The Bertz CT molecular complexity index is 637. The molecule has 0 bridgehead atoms. The van der Waals surface area contributed by atoms with Crippen molar-refractivity contribution in [2.24, 2.45) is 4.99 Å². The van der Waals surface area contributed by atoms with E-state index in [1.807, 2.05) is 44.7 Å². The SMILES string of the molecule is CCNC(=NCCCc1ccc(OC)c(OCC)c1)NCCC(=O)N(CC)CC.I. The molecular weight excluding hydrogens is 495 g/mol. The summed E-state index contributed by atoms with van der Waals surface area (Å²) in [7, 11) is 1.65. The molecule has 0 aromatic heterocycles.